The van der Waals surface area contributed by atoms with E-state index in [0.717, 1.165) is 43.6 Å². The van der Waals surface area contributed by atoms with Crippen molar-refractivity contribution >= 4 is 17.6 Å². The minimum atomic E-state index is -0.908. The average molecular weight is 359 g/mol. The summed E-state index contributed by atoms with van der Waals surface area (Å²) in [5.41, 5.74) is 1.16. The first-order chi connectivity index (χ1) is 12.5. The molecule has 1 aliphatic rings. The number of hydrogen-bond donors (Lipinski definition) is 2. The number of nitrogens with one attached hydrogen (secondary N) is 2. The molecule has 0 aliphatic carbocycles. The largest absolute Gasteiger partial charge is 0.348 e. The highest BCUT2D eigenvalue weighted by Crippen LogP contribution is 2.15. The Morgan fingerprint density at radius 2 is 1.81 bits per heavy atom. The van der Waals surface area contributed by atoms with Crippen LogP contribution in [-0.2, 0) is 6.54 Å². The second-order valence-corrected chi connectivity index (χ2v) is 6.13. The van der Waals surface area contributed by atoms with E-state index >= 15 is 0 Å². The zero-order valence-electron chi connectivity index (χ0n) is 14.1. The molecule has 3 amide bonds. The van der Waals surface area contributed by atoms with Crippen molar-refractivity contribution in [3.05, 3.63) is 65.2 Å². The maximum Gasteiger partial charge on any atom is 0.321 e. The molecule has 2 aromatic rings. The molecule has 1 saturated heterocycles. The number of benzene rings is 2. The summed E-state index contributed by atoms with van der Waals surface area (Å²) in [4.78, 5) is 25.9. The lowest BCUT2D eigenvalue weighted by molar-refractivity contribution is 0.0946. The topological polar surface area (TPSA) is 61.4 Å². The van der Waals surface area contributed by atoms with Gasteiger partial charge in [0, 0.05) is 31.4 Å². The van der Waals surface area contributed by atoms with E-state index in [0.29, 0.717) is 11.8 Å². The highest BCUT2D eigenvalue weighted by atomic mass is 19.1. The Bertz CT molecular complexity index is 820. The molecule has 1 fully saturated rings. The lowest BCUT2D eigenvalue weighted by Crippen LogP contribution is -2.32. The van der Waals surface area contributed by atoms with E-state index < -0.39 is 17.5 Å². The van der Waals surface area contributed by atoms with E-state index in [2.05, 4.69) is 10.6 Å². The van der Waals surface area contributed by atoms with E-state index in [1.807, 2.05) is 0 Å². The van der Waals surface area contributed by atoms with Gasteiger partial charge in [-0.1, -0.05) is 12.1 Å². The fourth-order valence-electron chi connectivity index (χ4n) is 2.83. The summed E-state index contributed by atoms with van der Waals surface area (Å²) >= 11 is 0. The van der Waals surface area contributed by atoms with Crippen molar-refractivity contribution in [2.45, 2.75) is 19.4 Å². The molecular weight excluding hydrogens is 340 g/mol. The molecule has 0 aromatic heterocycles. The van der Waals surface area contributed by atoms with Crippen LogP contribution in [0.25, 0.3) is 0 Å². The second-order valence-electron chi connectivity index (χ2n) is 6.13. The van der Waals surface area contributed by atoms with Crippen LogP contribution in [0.2, 0.25) is 0 Å². The van der Waals surface area contributed by atoms with Crippen LogP contribution in [0.15, 0.2) is 42.5 Å². The molecule has 0 saturated carbocycles. The van der Waals surface area contributed by atoms with Gasteiger partial charge in [0.25, 0.3) is 5.91 Å². The molecule has 0 radical (unpaired) electrons. The van der Waals surface area contributed by atoms with Crippen molar-refractivity contribution < 1.29 is 18.4 Å². The number of hydrogen-bond acceptors (Lipinski definition) is 2. The predicted octanol–water partition coefficient (Wildman–Crippen LogP) is 3.52. The van der Waals surface area contributed by atoms with Gasteiger partial charge in [0.15, 0.2) is 0 Å². The van der Waals surface area contributed by atoms with E-state index in [1.165, 1.54) is 0 Å². The third-order valence-electron chi connectivity index (χ3n) is 4.20. The van der Waals surface area contributed by atoms with Crippen LogP contribution in [0.5, 0.6) is 0 Å². The zero-order valence-corrected chi connectivity index (χ0v) is 14.1. The molecule has 3 rings (SSSR count). The molecule has 0 bridgehead atoms. The SMILES string of the molecule is O=C(NCc1cccc(NC(=O)N2CCCC2)c1)c1ccc(F)cc1F. The van der Waals surface area contributed by atoms with Gasteiger partial charge in [0.05, 0.1) is 5.56 Å². The van der Waals surface area contributed by atoms with Crippen LogP contribution >= 0.6 is 0 Å². The zero-order chi connectivity index (χ0) is 18.5. The van der Waals surface area contributed by atoms with Crippen molar-refractivity contribution in [1.82, 2.24) is 10.2 Å². The lowest BCUT2D eigenvalue weighted by atomic mass is 10.1. The Morgan fingerprint density at radius 3 is 2.54 bits per heavy atom. The number of urea groups is 1. The first-order valence-electron chi connectivity index (χ1n) is 8.41. The fourth-order valence-corrected chi connectivity index (χ4v) is 2.83. The number of amides is 3. The highest BCUT2D eigenvalue weighted by Gasteiger charge is 2.18. The first-order valence-corrected chi connectivity index (χ1v) is 8.41. The van der Waals surface area contributed by atoms with E-state index in [-0.39, 0.29) is 18.1 Å². The molecule has 7 heteroatoms. The molecule has 0 unspecified atom stereocenters. The first kappa shape index (κ1) is 17.8. The third-order valence-corrected chi connectivity index (χ3v) is 4.20. The monoisotopic (exact) mass is 359 g/mol. The minimum absolute atomic E-state index is 0.142. The summed E-state index contributed by atoms with van der Waals surface area (Å²) in [6.07, 6.45) is 2.03. The molecule has 26 heavy (non-hydrogen) atoms. The van der Waals surface area contributed by atoms with Crippen molar-refractivity contribution in [2.75, 3.05) is 18.4 Å². The number of carbonyl (C=O) groups excluding carboxylic acids is 2. The number of anilines is 1. The van der Waals surface area contributed by atoms with Crippen LogP contribution in [-0.4, -0.2) is 29.9 Å². The number of halogens is 2. The molecule has 0 spiro atoms. The van der Waals surface area contributed by atoms with Gasteiger partial charge in [-0.15, -0.1) is 0 Å². The minimum Gasteiger partial charge on any atom is -0.348 e. The summed E-state index contributed by atoms with van der Waals surface area (Å²) in [5.74, 6) is -2.27. The fraction of sp³-hybridized carbons (Fsp3) is 0.263. The van der Waals surface area contributed by atoms with Crippen molar-refractivity contribution in [1.29, 1.82) is 0 Å². The van der Waals surface area contributed by atoms with Crippen molar-refractivity contribution in [3.63, 3.8) is 0 Å². The van der Waals surface area contributed by atoms with E-state index in [4.69, 9.17) is 0 Å². The summed E-state index contributed by atoms with van der Waals surface area (Å²) < 4.78 is 26.5. The number of carbonyl (C=O) groups is 2. The van der Waals surface area contributed by atoms with Crippen LogP contribution < -0.4 is 10.6 Å². The quantitative estimate of drug-likeness (QED) is 0.877. The molecule has 1 aliphatic heterocycles. The van der Waals surface area contributed by atoms with Gasteiger partial charge in [-0.2, -0.15) is 0 Å². The van der Waals surface area contributed by atoms with Gasteiger partial charge in [-0.3, -0.25) is 4.79 Å². The molecule has 5 nitrogen and oxygen atoms in total. The van der Waals surface area contributed by atoms with E-state index in [9.17, 15) is 18.4 Å². The van der Waals surface area contributed by atoms with Crippen LogP contribution in [0.4, 0.5) is 19.3 Å². The Hall–Kier alpha value is -2.96. The Kier molecular flexibility index (Phi) is 5.46. The maximum atomic E-state index is 13.6. The molecular formula is C19H19F2N3O2. The van der Waals surface area contributed by atoms with E-state index in [1.54, 1.807) is 29.2 Å². The molecule has 2 N–H and O–H groups in total. The summed E-state index contributed by atoms with van der Waals surface area (Å²) in [7, 11) is 0. The summed E-state index contributed by atoms with van der Waals surface area (Å²) in [6.45, 7) is 1.67. The van der Waals surface area contributed by atoms with Gasteiger partial charge in [-0.25, -0.2) is 13.6 Å². The number of likely N-dealkylation sites (tertiary alicyclic amines) is 1. The average Bonchev–Trinajstić information content (AvgIpc) is 3.15. The maximum absolute atomic E-state index is 13.6. The van der Waals surface area contributed by atoms with Gasteiger partial charge < -0.3 is 15.5 Å². The molecule has 0 atom stereocenters. The summed E-state index contributed by atoms with van der Waals surface area (Å²) in [6, 6.07) is 9.72. The van der Waals surface area contributed by atoms with Crippen molar-refractivity contribution in [2.24, 2.45) is 0 Å². The highest BCUT2D eigenvalue weighted by molar-refractivity contribution is 5.94. The second kappa shape index (κ2) is 7.95. The van der Waals surface area contributed by atoms with Crippen LogP contribution in [0, 0.1) is 11.6 Å². The molecule has 1 heterocycles. The van der Waals surface area contributed by atoms with Crippen molar-refractivity contribution in [3.8, 4) is 0 Å². The van der Waals surface area contributed by atoms with Gasteiger partial charge in [-0.05, 0) is 42.7 Å². The van der Waals surface area contributed by atoms with Gasteiger partial charge in [0.1, 0.15) is 11.6 Å². The van der Waals surface area contributed by atoms with Crippen LogP contribution in [0.3, 0.4) is 0 Å². The number of rotatable bonds is 4. The normalized spacial score (nSPS) is 13.5. The smallest absolute Gasteiger partial charge is 0.321 e. The Morgan fingerprint density at radius 1 is 1.04 bits per heavy atom. The summed E-state index contributed by atoms with van der Waals surface area (Å²) in [5, 5.41) is 5.42. The Labute approximate surface area is 150 Å². The Balaban J connectivity index is 1.59. The molecule has 2 aromatic carbocycles. The molecule has 136 valence electrons. The van der Waals surface area contributed by atoms with Gasteiger partial charge in [0.2, 0.25) is 0 Å². The predicted molar refractivity (Wildman–Crippen MR) is 93.8 cm³/mol. The number of nitrogens with zero attached hydrogens (tertiary/aromatic N) is 1. The lowest BCUT2D eigenvalue weighted by Gasteiger charge is -2.16. The van der Waals surface area contributed by atoms with Crippen LogP contribution in [0.1, 0.15) is 28.8 Å². The third kappa shape index (κ3) is 4.36. The standard InChI is InChI=1S/C19H19F2N3O2/c20-14-6-7-16(17(21)11-14)18(25)22-12-13-4-3-5-15(10-13)23-19(26)24-8-1-2-9-24/h3-7,10-11H,1-2,8-9,12H2,(H,22,25)(H,23,26). The van der Waals surface area contributed by atoms with Gasteiger partial charge >= 0.3 is 6.03 Å².